The minimum Gasteiger partial charge on any atom is -0.383 e. The smallest absolute Gasteiger partial charge is 0.244 e. The third-order valence-corrected chi connectivity index (χ3v) is 4.85. The number of rotatable bonds is 5. The van der Waals surface area contributed by atoms with Crippen molar-refractivity contribution < 1.29 is 8.42 Å². The Kier molecular flexibility index (Phi) is 4.50. The van der Waals surface area contributed by atoms with Crippen molar-refractivity contribution in [1.29, 1.82) is 0 Å². The average Bonchev–Trinajstić information content (AvgIpc) is 2.85. The molecule has 102 valence electrons. The molecule has 2 rings (SSSR count). The van der Waals surface area contributed by atoms with E-state index < -0.39 is 10.0 Å². The largest absolute Gasteiger partial charge is 0.383 e. The predicted molar refractivity (Wildman–Crippen MR) is 77.4 cm³/mol. The first kappa shape index (κ1) is 14.4. The number of halogens is 1. The zero-order valence-corrected chi connectivity index (χ0v) is 12.9. The van der Waals surface area contributed by atoms with Crippen LogP contribution in [-0.4, -0.2) is 24.9 Å². The van der Waals surface area contributed by atoms with Crippen LogP contribution in [0.1, 0.15) is 5.69 Å². The lowest BCUT2D eigenvalue weighted by atomic mass is 10.3. The van der Waals surface area contributed by atoms with Gasteiger partial charge in [-0.05, 0) is 22.0 Å². The molecule has 3 N–H and O–H groups in total. The van der Waals surface area contributed by atoms with Crippen molar-refractivity contribution in [1.82, 2.24) is 14.7 Å². The number of nitrogens with one attached hydrogen (secondary N) is 1. The summed E-state index contributed by atoms with van der Waals surface area (Å²) in [5.74, 6) is -0.0237. The molecule has 0 spiro atoms. The molecule has 2 heterocycles. The Morgan fingerprint density at radius 3 is 2.89 bits per heavy atom. The Labute approximate surface area is 123 Å². The second-order valence-electron chi connectivity index (χ2n) is 3.66. The average molecular weight is 363 g/mol. The number of aromatic nitrogens is 2. The lowest BCUT2D eigenvalue weighted by molar-refractivity contribution is 0.581. The molecule has 2 aromatic rings. The van der Waals surface area contributed by atoms with E-state index in [0.29, 0.717) is 10.9 Å². The van der Waals surface area contributed by atoms with Crippen molar-refractivity contribution in [3.63, 3.8) is 0 Å². The minimum atomic E-state index is -3.66. The van der Waals surface area contributed by atoms with E-state index in [0.717, 1.165) is 5.69 Å². The summed E-state index contributed by atoms with van der Waals surface area (Å²) >= 11 is 4.64. The molecule has 0 amide bonds. The molecule has 0 aliphatic rings. The second-order valence-corrected chi connectivity index (χ2v) is 7.03. The summed E-state index contributed by atoms with van der Waals surface area (Å²) < 4.78 is 27.2. The highest BCUT2D eigenvalue weighted by molar-refractivity contribution is 9.10. The summed E-state index contributed by atoms with van der Waals surface area (Å²) in [6.45, 7) is 0.262. The maximum atomic E-state index is 12.1. The van der Waals surface area contributed by atoms with Gasteiger partial charge in [0.1, 0.15) is 10.7 Å². The Bertz CT molecular complexity index is 658. The van der Waals surface area contributed by atoms with E-state index in [1.54, 1.807) is 5.51 Å². The first-order chi connectivity index (χ1) is 8.99. The van der Waals surface area contributed by atoms with Gasteiger partial charge in [0.05, 0.1) is 11.2 Å². The lowest BCUT2D eigenvalue weighted by Crippen LogP contribution is -2.27. The molecule has 0 aromatic carbocycles. The molecule has 9 heteroatoms. The van der Waals surface area contributed by atoms with Crippen LogP contribution in [0.25, 0.3) is 0 Å². The lowest BCUT2D eigenvalue weighted by Gasteiger charge is -2.08. The zero-order chi connectivity index (χ0) is 13.9. The molecule has 6 nitrogen and oxygen atoms in total. The van der Waals surface area contributed by atoms with Gasteiger partial charge in [0.2, 0.25) is 10.0 Å². The molecule has 2 aromatic heterocycles. The molecule has 0 unspecified atom stereocenters. The van der Waals surface area contributed by atoms with Crippen LogP contribution in [0.5, 0.6) is 0 Å². The zero-order valence-electron chi connectivity index (χ0n) is 9.71. The molecule has 0 aliphatic heterocycles. The van der Waals surface area contributed by atoms with Crippen LogP contribution in [-0.2, 0) is 16.4 Å². The van der Waals surface area contributed by atoms with Crippen LogP contribution in [0.15, 0.2) is 32.5 Å². The summed E-state index contributed by atoms with van der Waals surface area (Å²) in [5.41, 5.74) is 8.14. The van der Waals surface area contributed by atoms with E-state index in [4.69, 9.17) is 5.73 Å². The van der Waals surface area contributed by atoms with Crippen molar-refractivity contribution in [2.24, 2.45) is 0 Å². The normalized spacial score (nSPS) is 11.6. The van der Waals surface area contributed by atoms with Gasteiger partial charge < -0.3 is 5.73 Å². The number of nitrogen functional groups attached to an aromatic ring is 1. The summed E-state index contributed by atoms with van der Waals surface area (Å²) in [6, 6.07) is 1.42. The Hall–Kier alpha value is -1.03. The van der Waals surface area contributed by atoms with Gasteiger partial charge in [0, 0.05) is 29.0 Å². The van der Waals surface area contributed by atoms with Gasteiger partial charge in [-0.1, -0.05) is 0 Å². The van der Waals surface area contributed by atoms with Gasteiger partial charge >= 0.3 is 0 Å². The first-order valence-electron chi connectivity index (χ1n) is 5.27. The van der Waals surface area contributed by atoms with E-state index in [1.165, 1.54) is 23.6 Å². The van der Waals surface area contributed by atoms with Gasteiger partial charge in [0.25, 0.3) is 0 Å². The van der Waals surface area contributed by atoms with Crippen molar-refractivity contribution in [2.45, 2.75) is 11.3 Å². The van der Waals surface area contributed by atoms with Gasteiger partial charge in [-0.15, -0.1) is 11.3 Å². The number of anilines is 1. The highest BCUT2D eigenvalue weighted by Crippen LogP contribution is 2.20. The predicted octanol–water partition coefficient (Wildman–Crippen LogP) is 1.40. The number of nitrogens with zero attached hydrogens (tertiary/aromatic N) is 2. The van der Waals surface area contributed by atoms with Crippen molar-refractivity contribution >= 4 is 43.1 Å². The molecule has 0 saturated heterocycles. The quantitative estimate of drug-likeness (QED) is 0.837. The van der Waals surface area contributed by atoms with Crippen LogP contribution in [0, 0.1) is 0 Å². The first-order valence-corrected chi connectivity index (χ1v) is 8.49. The molecule has 0 bridgehead atoms. The molecule has 0 atom stereocenters. The SMILES string of the molecule is Nc1ncc(Br)cc1S(=O)(=O)NCCc1cscn1. The van der Waals surface area contributed by atoms with E-state index in [-0.39, 0.29) is 17.3 Å². The van der Waals surface area contributed by atoms with Crippen LogP contribution < -0.4 is 10.5 Å². The molecule has 19 heavy (non-hydrogen) atoms. The van der Waals surface area contributed by atoms with Crippen LogP contribution in [0.3, 0.4) is 0 Å². The molecular weight excluding hydrogens is 352 g/mol. The topological polar surface area (TPSA) is 98.0 Å². The third kappa shape index (κ3) is 3.72. The summed E-state index contributed by atoms with van der Waals surface area (Å²) in [4.78, 5) is 7.86. The fourth-order valence-corrected chi connectivity index (χ4v) is 3.61. The fraction of sp³-hybridized carbons (Fsp3) is 0.200. The van der Waals surface area contributed by atoms with Gasteiger partial charge in [-0.25, -0.2) is 23.1 Å². The molecule has 0 aliphatic carbocycles. The molecule has 0 saturated carbocycles. The van der Waals surface area contributed by atoms with Gasteiger partial charge in [-0.2, -0.15) is 0 Å². The van der Waals surface area contributed by atoms with Crippen LogP contribution in [0.2, 0.25) is 0 Å². The maximum absolute atomic E-state index is 12.1. The second kappa shape index (κ2) is 5.95. The summed E-state index contributed by atoms with van der Waals surface area (Å²) in [7, 11) is -3.66. The third-order valence-electron chi connectivity index (χ3n) is 2.29. The van der Waals surface area contributed by atoms with Crippen LogP contribution in [0.4, 0.5) is 5.82 Å². The summed E-state index contributed by atoms with van der Waals surface area (Å²) in [6.07, 6.45) is 1.98. The standard InChI is InChI=1S/C10H11BrN4O2S2/c11-7-3-9(10(12)13-4-7)19(16,17)15-2-1-8-5-18-6-14-8/h3-6,15H,1-2H2,(H2,12,13). The van der Waals surface area contributed by atoms with E-state index in [9.17, 15) is 8.42 Å². The Morgan fingerprint density at radius 1 is 1.42 bits per heavy atom. The number of nitrogens with two attached hydrogens (primary N) is 1. The highest BCUT2D eigenvalue weighted by atomic mass is 79.9. The van der Waals surface area contributed by atoms with E-state index in [1.807, 2.05) is 5.38 Å². The monoisotopic (exact) mass is 362 g/mol. The number of pyridine rings is 1. The van der Waals surface area contributed by atoms with Crippen molar-refractivity contribution in [2.75, 3.05) is 12.3 Å². The molecule has 0 radical (unpaired) electrons. The maximum Gasteiger partial charge on any atom is 0.244 e. The summed E-state index contributed by atoms with van der Waals surface area (Å²) in [5, 5.41) is 1.88. The molecular formula is C10H11BrN4O2S2. The minimum absolute atomic E-state index is 0.0237. The Balaban J connectivity index is 2.07. The highest BCUT2D eigenvalue weighted by Gasteiger charge is 2.18. The molecule has 0 fully saturated rings. The van der Waals surface area contributed by atoms with Crippen molar-refractivity contribution in [3.8, 4) is 0 Å². The number of hydrogen-bond donors (Lipinski definition) is 2. The van der Waals surface area contributed by atoms with Crippen LogP contribution >= 0.6 is 27.3 Å². The van der Waals surface area contributed by atoms with Gasteiger partial charge in [0.15, 0.2) is 0 Å². The number of thiazole rings is 1. The van der Waals surface area contributed by atoms with E-state index >= 15 is 0 Å². The number of sulfonamides is 1. The van der Waals surface area contributed by atoms with E-state index in [2.05, 4.69) is 30.6 Å². The number of hydrogen-bond acceptors (Lipinski definition) is 6. The van der Waals surface area contributed by atoms with Crippen molar-refractivity contribution in [3.05, 3.63) is 33.3 Å². The van der Waals surface area contributed by atoms with Gasteiger partial charge in [-0.3, -0.25) is 0 Å². The fourth-order valence-electron chi connectivity index (χ4n) is 1.40. The Morgan fingerprint density at radius 2 is 2.21 bits per heavy atom.